The van der Waals surface area contributed by atoms with E-state index in [1.807, 2.05) is 36.4 Å². The lowest BCUT2D eigenvalue weighted by atomic mass is 9.96. The Labute approximate surface area is 282 Å². The summed E-state index contributed by atoms with van der Waals surface area (Å²) in [7, 11) is 0. The molecule has 0 aliphatic carbocycles. The first-order valence-corrected chi connectivity index (χ1v) is 16.5. The Morgan fingerprint density at radius 2 is 1.16 bits per heavy atom. The Morgan fingerprint density at radius 3 is 1.98 bits per heavy atom. The number of rotatable bonds is 4. The molecule has 3 heterocycles. The summed E-state index contributed by atoms with van der Waals surface area (Å²) in [6, 6.07) is 48.3. The molecule has 0 saturated heterocycles. The minimum absolute atomic E-state index is 0.596. The molecule has 7 aromatic carbocycles. The summed E-state index contributed by atoms with van der Waals surface area (Å²) < 4.78 is 6.77. The first-order chi connectivity index (χ1) is 24.3. The fourth-order valence-corrected chi connectivity index (χ4v) is 7.19. The van der Waals surface area contributed by atoms with E-state index in [2.05, 4.69) is 121 Å². The zero-order chi connectivity index (χ0) is 32.3. The van der Waals surface area contributed by atoms with Crippen molar-refractivity contribution >= 4 is 55.2 Å². The van der Waals surface area contributed by atoms with E-state index >= 15 is 0 Å². The van der Waals surface area contributed by atoms with Gasteiger partial charge < -0.3 is 9.73 Å². The Morgan fingerprint density at radius 1 is 0.510 bits per heavy atom. The number of anilines is 1. The van der Waals surface area contributed by atoms with Crippen LogP contribution in [-0.4, -0.2) is 21.5 Å². The molecule has 230 valence electrons. The summed E-state index contributed by atoms with van der Waals surface area (Å²) in [6.45, 7) is 0.785. The Balaban J connectivity index is 1.30. The number of furan rings is 1. The monoisotopic (exact) mass is 628 g/mol. The van der Waals surface area contributed by atoms with Crippen molar-refractivity contribution < 1.29 is 4.42 Å². The minimum atomic E-state index is 0.596. The number of nitrogens with one attached hydrogen (secondary N) is 1. The van der Waals surface area contributed by atoms with E-state index in [9.17, 15) is 0 Å². The van der Waals surface area contributed by atoms with Crippen molar-refractivity contribution in [2.75, 3.05) is 11.9 Å². The van der Waals surface area contributed by atoms with Gasteiger partial charge in [0.2, 0.25) is 0 Å². The molecule has 0 spiro atoms. The molecule has 49 heavy (non-hydrogen) atoms. The van der Waals surface area contributed by atoms with E-state index in [4.69, 9.17) is 19.4 Å². The van der Waals surface area contributed by atoms with Gasteiger partial charge in [0.25, 0.3) is 0 Å². The zero-order valence-corrected chi connectivity index (χ0v) is 26.4. The molecule has 0 saturated carbocycles. The first-order valence-electron chi connectivity index (χ1n) is 16.5. The summed E-state index contributed by atoms with van der Waals surface area (Å²) in [5.74, 6) is 1.84. The van der Waals surface area contributed by atoms with Crippen LogP contribution in [0.4, 0.5) is 5.69 Å². The van der Waals surface area contributed by atoms with E-state index in [1.54, 1.807) is 0 Å². The van der Waals surface area contributed by atoms with Crippen molar-refractivity contribution in [3.8, 4) is 45.3 Å². The van der Waals surface area contributed by atoms with Crippen LogP contribution in [0.3, 0.4) is 0 Å². The Kier molecular flexibility index (Phi) is 6.18. The summed E-state index contributed by atoms with van der Waals surface area (Å²) >= 11 is 0. The van der Waals surface area contributed by atoms with E-state index < -0.39 is 0 Å². The van der Waals surface area contributed by atoms with E-state index in [0.29, 0.717) is 17.5 Å². The standard InChI is InChI=1S/C44H28N4O/c1-3-12-27(13-4-1)32-21-22-35(40-37-26-38-30(17-11-23-45-38)25-39(37)49-41(32)40)43-46-42(28-14-5-2-6-15-28)47-44(48-43)36-24-29-16-7-8-18-31(29)33-19-9-10-20-34(33)36/h1-22,24-26,45H,23H2. The quantitative estimate of drug-likeness (QED) is 0.197. The molecular weight excluding hydrogens is 601 g/mol. The van der Waals surface area contributed by atoms with Crippen LogP contribution in [0.2, 0.25) is 0 Å². The molecular formula is C44H28N4O. The highest BCUT2D eigenvalue weighted by molar-refractivity contribution is 6.17. The lowest BCUT2D eigenvalue weighted by Crippen LogP contribution is -2.03. The van der Waals surface area contributed by atoms with Crippen LogP contribution >= 0.6 is 0 Å². The van der Waals surface area contributed by atoms with Gasteiger partial charge in [0.15, 0.2) is 17.5 Å². The van der Waals surface area contributed by atoms with Gasteiger partial charge in [0.05, 0.1) is 0 Å². The van der Waals surface area contributed by atoms with Gasteiger partial charge in [-0.05, 0) is 57.4 Å². The second kappa shape index (κ2) is 11.0. The van der Waals surface area contributed by atoms with Crippen molar-refractivity contribution in [1.29, 1.82) is 0 Å². The molecule has 1 N–H and O–H groups in total. The Bertz CT molecular complexity index is 2770. The highest BCUT2D eigenvalue weighted by atomic mass is 16.3. The second-order valence-corrected chi connectivity index (χ2v) is 12.4. The fraction of sp³-hybridized carbons (Fsp3) is 0.0227. The summed E-state index contributed by atoms with van der Waals surface area (Å²) in [4.78, 5) is 15.6. The van der Waals surface area contributed by atoms with Crippen molar-refractivity contribution in [3.63, 3.8) is 0 Å². The minimum Gasteiger partial charge on any atom is -0.455 e. The van der Waals surface area contributed by atoms with Gasteiger partial charge in [-0.25, -0.2) is 15.0 Å². The topological polar surface area (TPSA) is 63.8 Å². The number of hydrogen-bond acceptors (Lipinski definition) is 5. The molecule has 0 fully saturated rings. The highest BCUT2D eigenvalue weighted by Crippen LogP contribution is 2.44. The average molecular weight is 629 g/mol. The maximum atomic E-state index is 6.77. The third-order valence-corrected chi connectivity index (χ3v) is 9.50. The molecule has 0 unspecified atom stereocenters. The number of nitrogens with zero attached hydrogens (tertiary/aromatic N) is 3. The van der Waals surface area contributed by atoms with E-state index in [-0.39, 0.29) is 0 Å². The average Bonchev–Trinajstić information content (AvgIpc) is 3.55. The van der Waals surface area contributed by atoms with Crippen LogP contribution in [0, 0.1) is 0 Å². The maximum absolute atomic E-state index is 6.77. The van der Waals surface area contributed by atoms with Crippen LogP contribution in [0.25, 0.3) is 94.8 Å². The molecule has 5 heteroatoms. The predicted molar refractivity (Wildman–Crippen MR) is 201 cm³/mol. The molecule has 2 aromatic heterocycles. The van der Waals surface area contributed by atoms with Gasteiger partial charge in [-0.2, -0.15) is 0 Å². The van der Waals surface area contributed by atoms with Gasteiger partial charge in [-0.3, -0.25) is 0 Å². The van der Waals surface area contributed by atoms with Gasteiger partial charge >= 0.3 is 0 Å². The molecule has 1 aliphatic rings. The Hall–Kier alpha value is -6.59. The van der Waals surface area contributed by atoms with Gasteiger partial charge in [-0.15, -0.1) is 0 Å². The van der Waals surface area contributed by atoms with Crippen LogP contribution in [-0.2, 0) is 0 Å². The van der Waals surface area contributed by atoms with Crippen molar-refractivity contribution in [1.82, 2.24) is 15.0 Å². The zero-order valence-electron chi connectivity index (χ0n) is 26.4. The molecule has 5 nitrogen and oxygen atoms in total. The SMILES string of the molecule is C1=Cc2cc3oc4c(-c5ccccc5)ccc(-c5nc(-c6ccccc6)nc(-c6cc7ccccc7c7ccccc67)n5)c4c3cc2NC1. The second-order valence-electron chi connectivity index (χ2n) is 12.4. The first kappa shape index (κ1) is 27.5. The van der Waals surface area contributed by atoms with E-state index in [1.165, 1.54) is 10.8 Å². The van der Waals surface area contributed by atoms with Crippen LogP contribution < -0.4 is 5.32 Å². The van der Waals surface area contributed by atoms with Crippen LogP contribution in [0.5, 0.6) is 0 Å². The maximum Gasteiger partial charge on any atom is 0.164 e. The predicted octanol–water partition coefficient (Wildman–Crippen LogP) is 11.2. The number of benzene rings is 7. The summed E-state index contributed by atoms with van der Waals surface area (Å²) in [5.41, 5.74) is 8.72. The molecule has 10 rings (SSSR count). The molecule has 0 atom stereocenters. The highest BCUT2D eigenvalue weighted by Gasteiger charge is 2.22. The van der Waals surface area contributed by atoms with Crippen LogP contribution in [0.15, 0.2) is 150 Å². The lowest BCUT2D eigenvalue weighted by molar-refractivity contribution is 0.670. The number of hydrogen-bond donors (Lipinski definition) is 1. The largest absolute Gasteiger partial charge is 0.455 e. The third-order valence-electron chi connectivity index (χ3n) is 9.50. The molecule has 0 bridgehead atoms. The molecule has 0 amide bonds. The van der Waals surface area contributed by atoms with Crippen molar-refractivity contribution in [3.05, 3.63) is 151 Å². The third kappa shape index (κ3) is 4.51. The van der Waals surface area contributed by atoms with Gasteiger partial charge in [-0.1, -0.05) is 121 Å². The normalized spacial score (nSPS) is 12.5. The van der Waals surface area contributed by atoms with Crippen molar-refractivity contribution in [2.45, 2.75) is 0 Å². The van der Waals surface area contributed by atoms with Crippen molar-refractivity contribution in [2.24, 2.45) is 0 Å². The number of fused-ring (bicyclic) bond motifs is 7. The van der Waals surface area contributed by atoms with Gasteiger partial charge in [0, 0.05) is 50.8 Å². The summed E-state index contributed by atoms with van der Waals surface area (Å²) in [5, 5.41) is 10.1. The van der Waals surface area contributed by atoms with Crippen LogP contribution in [0.1, 0.15) is 5.56 Å². The smallest absolute Gasteiger partial charge is 0.164 e. The summed E-state index contributed by atoms with van der Waals surface area (Å²) in [6.07, 6.45) is 4.28. The molecule has 9 aromatic rings. The van der Waals surface area contributed by atoms with Gasteiger partial charge in [0.1, 0.15) is 11.2 Å². The molecule has 0 radical (unpaired) electrons. The fourth-order valence-electron chi connectivity index (χ4n) is 7.19. The molecule has 1 aliphatic heterocycles. The van der Waals surface area contributed by atoms with E-state index in [0.717, 1.165) is 78.3 Å². The lowest BCUT2D eigenvalue weighted by Gasteiger charge is -2.14. The number of aromatic nitrogens is 3.